The Balaban J connectivity index is 0.846. The summed E-state index contributed by atoms with van der Waals surface area (Å²) in [5.41, 5.74) is 15.7. The number of fused-ring (bicyclic) bond motifs is 8. The van der Waals surface area contributed by atoms with Crippen LogP contribution in [0.3, 0.4) is 0 Å². The van der Waals surface area contributed by atoms with Gasteiger partial charge >= 0.3 is 0 Å². The Morgan fingerprint density at radius 2 is 0.510 bits per heavy atom. The van der Waals surface area contributed by atoms with Gasteiger partial charge in [-0.25, -0.2) is 0 Å². The van der Waals surface area contributed by atoms with Crippen LogP contribution < -0.4 is 42.7 Å². The third kappa shape index (κ3) is 12.8. The van der Waals surface area contributed by atoms with Crippen LogP contribution in [-0.4, -0.2) is 114 Å². The second kappa shape index (κ2) is 27.5. The molecule has 4 aromatic heterocycles. The number of carbonyl (C=O) groups excluding carboxylic acids is 4. The lowest BCUT2D eigenvalue weighted by Crippen LogP contribution is -2.26. The van der Waals surface area contributed by atoms with Crippen LogP contribution in [0.25, 0.3) is 22.3 Å². The van der Waals surface area contributed by atoms with E-state index in [0.29, 0.717) is 93.3 Å². The molecule has 5 aliphatic rings. The topological polar surface area (TPSA) is 192 Å². The molecule has 8 aromatic carbocycles. The molecule has 4 unspecified atom stereocenters. The molecule has 104 heavy (non-hydrogen) atoms. The third-order valence-electron chi connectivity index (χ3n) is 21.6. The predicted molar refractivity (Wildman–Crippen MR) is 410 cm³/mol. The van der Waals surface area contributed by atoms with E-state index in [0.717, 1.165) is 66.6 Å². The SMILES string of the molecule is C[C@H](c1ccccc1)N1C[C@H]1C(=O)Nc1cccc(NC(=O)[C@H]2CN2[C@@H](C)c2ccccc2)c1C1=c2ccc([nH]2)=C(c2ccccc2)c2ccc([nH]2)C(c2c(NC(=O)[C@H]3CN3[C@@H](C)c3ccccc3)cccc2NC(=O)[C@@H]2CN2[C@H](C)c2ccccc2)=c2ccc([nH]2)=C(c2ccccc2)c2ccc1[nH]2. The molecule has 8 bridgehead atoms. The zero-order valence-electron chi connectivity index (χ0n) is 58.3. The maximum absolute atomic E-state index is 15.0. The Labute approximate surface area is 603 Å². The third-order valence-corrected chi connectivity index (χ3v) is 21.6. The van der Waals surface area contributed by atoms with Crippen LogP contribution in [0, 0.1) is 0 Å². The lowest BCUT2D eigenvalue weighted by atomic mass is 9.97. The maximum atomic E-state index is 15.0. The van der Waals surface area contributed by atoms with E-state index in [1.54, 1.807) is 0 Å². The van der Waals surface area contributed by atoms with Crippen LogP contribution in [-0.2, 0) is 19.2 Å². The number of benzene rings is 8. The summed E-state index contributed by atoms with van der Waals surface area (Å²) in [6.45, 7) is 10.9. The van der Waals surface area contributed by atoms with Crippen molar-refractivity contribution < 1.29 is 19.2 Å². The Morgan fingerprint density at radius 3 is 0.769 bits per heavy atom. The van der Waals surface area contributed by atoms with Crippen LogP contribution in [0.1, 0.15) is 119 Å². The molecule has 0 radical (unpaired) electrons. The van der Waals surface area contributed by atoms with Crippen LogP contribution in [0.5, 0.6) is 0 Å². The minimum absolute atomic E-state index is 0.00534. The summed E-state index contributed by atoms with van der Waals surface area (Å²) in [5, 5.41) is 16.7. The molecule has 0 aliphatic carbocycles. The number of aromatic amines is 4. The van der Waals surface area contributed by atoms with Gasteiger partial charge in [0.05, 0.1) is 22.7 Å². The fourth-order valence-corrected chi connectivity index (χ4v) is 15.6. The van der Waals surface area contributed by atoms with Crippen molar-refractivity contribution >= 4 is 68.7 Å². The lowest BCUT2D eigenvalue weighted by molar-refractivity contribution is -0.117. The molecule has 17 rings (SSSR count). The van der Waals surface area contributed by atoms with E-state index in [1.807, 2.05) is 146 Å². The van der Waals surface area contributed by atoms with Gasteiger partial charge in [0.15, 0.2) is 0 Å². The molecular formula is C88H80N12O4. The number of aromatic nitrogens is 4. The van der Waals surface area contributed by atoms with E-state index in [4.69, 9.17) is 0 Å². The molecule has 0 saturated carbocycles. The monoisotopic (exact) mass is 1370 g/mol. The summed E-state index contributed by atoms with van der Waals surface area (Å²) in [5.74, 6) is -0.604. The van der Waals surface area contributed by atoms with Crippen LogP contribution in [0.4, 0.5) is 22.7 Å². The van der Waals surface area contributed by atoms with Gasteiger partial charge in [0.2, 0.25) is 23.6 Å². The summed E-state index contributed by atoms with van der Waals surface area (Å²) in [6.07, 6.45) is 0. The maximum Gasteiger partial charge on any atom is 0.243 e. The molecule has 8 N–H and O–H groups in total. The van der Waals surface area contributed by atoms with E-state index in [9.17, 15) is 0 Å². The highest BCUT2D eigenvalue weighted by atomic mass is 16.2. The largest absolute Gasteiger partial charge is 0.354 e. The van der Waals surface area contributed by atoms with Gasteiger partial charge in [-0.05, 0) is 134 Å². The molecule has 0 spiro atoms. The molecule has 9 heterocycles. The first kappa shape index (κ1) is 65.4. The molecule has 16 nitrogen and oxygen atoms in total. The quantitative estimate of drug-likeness (QED) is 0.0346. The smallest absolute Gasteiger partial charge is 0.243 e. The first-order valence-electron chi connectivity index (χ1n) is 36.0. The molecular weight excluding hydrogens is 1290 g/mol. The van der Waals surface area contributed by atoms with E-state index in [2.05, 4.69) is 210 Å². The van der Waals surface area contributed by atoms with Gasteiger partial charge in [0.1, 0.15) is 24.2 Å². The van der Waals surface area contributed by atoms with Gasteiger partial charge in [-0.1, -0.05) is 194 Å². The van der Waals surface area contributed by atoms with Crippen molar-refractivity contribution in [1.29, 1.82) is 0 Å². The number of nitrogens with zero attached hydrogens (tertiary/aromatic N) is 4. The minimum Gasteiger partial charge on any atom is -0.354 e. The van der Waals surface area contributed by atoms with Crippen molar-refractivity contribution in [3.63, 3.8) is 0 Å². The number of nitrogens with one attached hydrogen (secondary N) is 8. The summed E-state index contributed by atoms with van der Waals surface area (Å²) < 4.78 is 0. The molecule has 4 saturated heterocycles. The summed E-state index contributed by atoms with van der Waals surface area (Å²) in [4.78, 5) is 84.6. The van der Waals surface area contributed by atoms with Gasteiger partial charge < -0.3 is 41.2 Å². The van der Waals surface area contributed by atoms with Crippen LogP contribution >= 0.6 is 0 Å². The van der Waals surface area contributed by atoms with Gasteiger partial charge in [0.25, 0.3) is 0 Å². The molecule has 4 amide bonds. The fourth-order valence-electron chi connectivity index (χ4n) is 15.6. The standard InChI is InChI=1S/C88H80N12O4/c1-53(57-25-11-5-12-26-57)97-49-75(97)85(101)93-63-37-23-38-64(94-86(102)76-50-98(76)54(2)58-27-13-6-14-28-58)81(63)83-71-45-41-67(89-71)79(61-33-19-9-20-34-61)69-43-47-73(91-69)84(74-48-44-70(92-74)80(62-35-21-10-22-36-62)68-42-46-72(83)90-68)82-65(95-87(103)77-51-99(77)55(3)59-29-15-7-16-30-59)39-24-40-66(82)96-88(104)78-52-100(78)56(4)60-31-17-8-18-32-60/h5-48,53-56,75-78,89-92H,49-52H2,1-4H3,(H,93,101)(H,94,102)(H,95,103)(H,96,104)/t53-,54+,55-,56+,75+,76-,77+,78-,97?,98?,99?,100?. The summed E-state index contributed by atoms with van der Waals surface area (Å²) >= 11 is 0. The highest BCUT2D eigenvalue weighted by molar-refractivity contribution is 6.08. The van der Waals surface area contributed by atoms with Crippen molar-refractivity contribution in [1.82, 2.24) is 39.5 Å². The molecule has 516 valence electrons. The minimum atomic E-state index is -0.393. The number of hydrogen-bond donors (Lipinski definition) is 8. The van der Waals surface area contributed by atoms with Gasteiger partial charge in [-0.3, -0.25) is 38.8 Å². The van der Waals surface area contributed by atoms with E-state index >= 15 is 19.2 Å². The molecule has 5 aliphatic heterocycles. The fraction of sp³-hybridized carbons (Fsp3) is 0.182. The number of anilines is 4. The van der Waals surface area contributed by atoms with E-state index in [1.165, 1.54) is 0 Å². The Bertz CT molecular complexity index is 4990. The number of amides is 4. The van der Waals surface area contributed by atoms with Crippen molar-refractivity contribution in [2.45, 2.75) is 76.0 Å². The molecule has 16 heteroatoms. The highest BCUT2D eigenvalue weighted by Gasteiger charge is 2.48. The highest BCUT2D eigenvalue weighted by Crippen LogP contribution is 2.42. The van der Waals surface area contributed by atoms with Crippen molar-refractivity contribution in [2.24, 2.45) is 0 Å². The second-order valence-corrected chi connectivity index (χ2v) is 28.0. The van der Waals surface area contributed by atoms with Gasteiger partial charge in [-0.15, -0.1) is 0 Å². The predicted octanol–water partition coefficient (Wildman–Crippen LogP) is 11.8. The first-order valence-corrected chi connectivity index (χ1v) is 36.0. The zero-order valence-corrected chi connectivity index (χ0v) is 58.3. The zero-order chi connectivity index (χ0) is 70.7. The molecule has 12 aromatic rings. The normalized spacial score (nSPS) is 21.0. The van der Waals surface area contributed by atoms with Gasteiger partial charge in [0, 0.05) is 128 Å². The molecule has 12 atom stereocenters. The Kier molecular flexibility index (Phi) is 17.3. The van der Waals surface area contributed by atoms with E-state index < -0.39 is 24.2 Å². The second-order valence-electron chi connectivity index (χ2n) is 28.0. The number of rotatable bonds is 20. The lowest BCUT2D eigenvalue weighted by Gasteiger charge is -2.20. The van der Waals surface area contributed by atoms with Crippen molar-refractivity contribution in [3.05, 3.63) is 356 Å². The number of H-pyrrole nitrogens is 4. The Hall–Kier alpha value is -11.9. The summed E-state index contributed by atoms with van der Waals surface area (Å²) in [7, 11) is 0. The summed E-state index contributed by atoms with van der Waals surface area (Å²) in [6, 6.07) is 88.1. The van der Waals surface area contributed by atoms with Crippen LogP contribution in [0.15, 0.2) is 267 Å². The van der Waals surface area contributed by atoms with Gasteiger partial charge in [-0.2, -0.15) is 0 Å². The number of hydrogen-bond acceptors (Lipinski definition) is 8. The number of carbonyl (C=O) groups is 4. The van der Waals surface area contributed by atoms with E-state index in [-0.39, 0.29) is 47.8 Å². The average molecular weight is 1370 g/mol. The molecule has 4 fully saturated rings. The van der Waals surface area contributed by atoms with Crippen molar-refractivity contribution in [2.75, 3.05) is 47.4 Å². The van der Waals surface area contributed by atoms with Crippen molar-refractivity contribution in [3.8, 4) is 0 Å². The Morgan fingerprint density at radius 1 is 0.279 bits per heavy atom. The first-order chi connectivity index (χ1) is 50.9. The average Bonchev–Trinajstić information content (AvgIpc) is 1.66. The van der Waals surface area contributed by atoms with Crippen LogP contribution in [0.2, 0.25) is 0 Å².